The van der Waals surface area contributed by atoms with Crippen LogP contribution in [0, 0.1) is 0 Å². The van der Waals surface area contributed by atoms with E-state index in [0.29, 0.717) is 16.5 Å². The molecule has 2 unspecified atom stereocenters. The summed E-state index contributed by atoms with van der Waals surface area (Å²) in [5.74, 6) is -0.941. The third-order valence-corrected chi connectivity index (χ3v) is 4.73. The lowest BCUT2D eigenvalue weighted by molar-refractivity contribution is -0.143. The van der Waals surface area contributed by atoms with Gasteiger partial charge in [0.1, 0.15) is 6.61 Å². The van der Waals surface area contributed by atoms with Crippen LogP contribution in [0.25, 0.3) is 11.1 Å². The Balaban J connectivity index is 2.16. The Labute approximate surface area is 179 Å². The molecule has 2 N–H and O–H groups in total. The SMILES string of the molecule is COCC(=O)NC(Cc1ccc(-c2cc(Cl)cc(Cl)c2)cc1)C(O)CC(=O)OC. The molecule has 156 valence electrons. The van der Waals surface area contributed by atoms with Crippen molar-refractivity contribution in [3.63, 3.8) is 0 Å². The van der Waals surface area contributed by atoms with Gasteiger partial charge in [0, 0.05) is 17.2 Å². The Morgan fingerprint density at radius 1 is 1.03 bits per heavy atom. The van der Waals surface area contributed by atoms with Crippen molar-refractivity contribution in [2.24, 2.45) is 0 Å². The number of hydrogen-bond acceptors (Lipinski definition) is 5. The number of hydrogen-bond donors (Lipinski definition) is 2. The van der Waals surface area contributed by atoms with Gasteiger partial charge in [-0.2, -0.15) is 0 Å². The first-order chi connectivity index (χ1) is 13.8. The number of carbonyl (C=O) groups is 2. The van der Waals surface area contributed by atoms with E-state index >= 15 is 0 Å². The van der Waals surface area contributed by atoms with Crippen LogP contribution in [0.5, 0.6) is 0 Å². The molecule has 0 aromatic heterocycles. The van der Waals surface area contributed by atoms with Crippen molar-refractivity contribution in [3.05, 3.63) is 58.1 Å². The van der Waals surface area contributed by atoms with Gasteiger partial charge in [0.2, 0.25) is 5.91 Å². The molecule has 2 aromatic carbocycles. The van der Waals surface area contributed by atoms with Gasteiger partial charge < -0.3 is 19.9 Å². The van der Waals surface area contributed by atoms with Gasteiger partial charge in [-0.05, 0) is 41.3 Å². The lowest BCUT2D eigenvalue weighted by Gasteiger charge is -2.24. The molecule has 8 heteroatoms. The molecule has 0 spiro atoms. The summed E-state index contributed by atoms with van der Waals surface area (Å²) in [6.45, 7) is -0.143. The minimum atomic E-state index is -1.10. The molecule has 0 heterocycles. The van der Waals surface area contributed by atoms with E-state index in [4.69, 9.17) is 27.9 Å². The zero-order valence-corrected chi connectivity index (χ0v) is 17.7. The Morgan fingerprint density at radius 2 is 1.66 bits per heavy atom. The van der Waals surface area contributed by atoms with Crippen LogP contribution in [0.3, 0.4) is 0 Å². The van der Waals surface area contributed by atoms with E-state index in [-0.39, 0.29) is 18.9 Å². The predicted octanol–water partition coefficient (Wildman–Crippen LogP) is 3.26. The highest BCUT2D eigenvalue weighted by molar-refractivity contribution is 6.35. The molecule has 0 aliphatic heterocycles. The maximum Gasteiger partial charge on any atom is 0.308 e. The number of esters is 1. The Kier molecular flexibility index (Phi) is 8.92. The van der Waals surface area contributed by atoms with Crippen molar-refractivity contribution in [1.82, 2.24) is 5.32 Å². The zero-order valence-electron chi connectivity index (χ0n) is 16.2. The zero-order chi connectivity index (χ0) is 21.4. The molecule has 0 aliphatic rings. The topological polar surface area (TPSA) is 84.9 Å². The fourth-order valence-corrected chi connectivity index (χ4v) is 3.39. The van der Waals surface area contributed by atoms with Crippen molar-refractivity contribution in [1.29, 1.82) is 0 Å². The van der Waals surface area contributed by atoms with Crippen molar-refractivity contribution in [2.75, 3.05) is 20.8 Å². The van der Waals surface area contributed by atoms with Crippen LogP contribution >= 0.6 is 23.2 Å². The van der Waals surface area contributed by atoms with Crippen molar-refractivity contribution in [2.45, 2.75) is 25.0 Å². The fourth-order valence-electron chi connectivity index (χ4n) is 2.87. The molecule has 6 nitrogen and oxygen atoms in total. The monoisotopic (exact) mass is 439 g/mol. The summed E-state index contributed by atoms with van der Waals surface area (Å²) < 4.78 is 9.41. The summed E-state index contributed by atoms with van der Waals surface area (Å²) >= 11 is 12.1. The summed E-state index contributed by atoms with van der Waals surface area (Å²) in [4.78, 5) is 23.4. The normalized spacial score (nSPS) is 12.9. The van der Waals surface area contributed by atoms with E-state index in [1.807, 2.05) is 36.4 Å². The summed E-state index contributed by atoms with van der Waals surface area (Å²) in [6, 6.07) is 12.2. The molecule has 1 amide bonds. The molecular weight excluding hydrogens is 417 g/mol. The van der Waals surface area contributed by atoms with Crippen LogP contribution in [0.1, 0.15) is 12.0 Å². The Hall–Kier alpha value is -2.12. The van der Waals surface area contributed by atoms with E-state index < -0.39 is 18.1 Å². The molecule has 0 saturated carbocycles. The first-order valence-electron chi connectivity index (χ1n) is 8.91. The first kappa shape index (κ1) is 23.2. The van der Waals surface area contributed by atoms with Crippen molar-refractivity contribution in [3.8, 4) is 11.1 Å². The molecule has 2 atom stereocenters. The quantitative estimate of drug-likeness (QED) is 0.585. The lowest BCUT2D eigenvalue weighted by Crippen LogP contribution is -2.46. The van der Waals surface area contributed by atoms with Crippen LogP contribution in [-0.2, 0) is 25.5 Å². The van der Waals surface area contributed by atoms with Crippen LogP contribution in [0.2, 0.25) is 10.0 Å². The molecular formula is C21H23Cl2NO5. The van der Waals surface area contributed by atoms with E-state index in [1.165, 1.54) is 14.2 Å². The summed E-state index contributed by atoms with van der Waals surface area (Å²) in [6.07, 6.45) is -1.01. The average molecular weight is 440 g/mol. The maximum atomic E-state index is 11.9. The number of aliphatic hydroxyl groups excluding tert-OH is 1. The van der Waals surface area contributed by atoms with Gasteiger partial charge in [0.25, 0.3) is 0 Å². The number of ether oxygens (including phenoxy) is 2. The number of carbonyl (C=O) groups excluding carboxylic acids is 2. The minimum absolute atomic E-state index is 0.143. The van der Waals surface area contributed by atoms with Crippen molar-refractivity contribution < 1.29 is 24.2 Å². The van der Waals surface area contributed by atoms with Gasteiger partial charge in [-0.15, -0.1) is 0 Å². The van der Waals surface area contributed by atoms with Gasteiger partial charge in [-0.1, -0.05) is 47.5 Å². The smallest absolute Gasteiger partial charge is 0.308 e. The number of nitrogens with one attached hydrogen (secondary N) is 1. The predicted molar refractivity (Wildman–Crippen MR) is 112 cm³/mol. The molecule has 2 rings (SSSR count). The lowest BCUT2D eigenvalue weighted by atomic mass is 9.97. The Morgan fingerprint density at radius 3 is 2.21 bits per heavy atom. The van der Waals surface area contributed by atoms with E-state index in [1.54, 1.807) is 6.07 Å². The second-order valence-electron chi connectivity index (χ2n) is 6.51. The molecule has 0 fully saturated rings. The molecule has 0 saturated heterocycles. The van der Waals surface area contributed by atoms with Crippen LogP contribution < -0.4 is 5.32 Å². The van der Waals surface area contributed by atoms with Gasteiger partial charge in [-0.25, -0.2) is 0 Å². The highest BCUT2D eigenvalue weighted by atomic mass is 35.5. The second-order valence-corrected chi connectivity index (χ2v) is 7.39. The number of halogens is 2. The third kappa shape index (κ3) is 7.33. The molecule has 0 radical (unpaired) electrons. The van der Waals surface area contributed by atoms with Gasteiger partial charge in [-0.3, -0.25) is 9.59 Å². The van der Waals surface area contributed by atoms with Crippen LogP contribution in [0.4, 0.5) is 0 Å². The Bertz CT molecular complexity index is 821. The number of rotatable bonds is 9. The van der Waals surface area contributed by atoms with E-state index in [0.717, 1.165) is 16.7 Å². The number of aliphatic hydroxyl groups is 1. The maximum absolute atomic E-state index is 11.9. The highest BCUT2D eigenvalue weighted by Gasteiger charge is 2.24. The fraction of sp³-hybridized carbons (Fsp3) is 0.333. The first-order valence-corrected chi connectivity index (χ1v) is 9.66. The standard InChI is InChI=1S/C21H23Cl2NO5/c1-28-12-20(26)24-18(19(25)11-21(27)29-2)7-13-3-5-14(6-4-13)15-8-16(22)10-17(23)9-15/h3-6,8-10,18-19,25H,7,11-12H2,1-2H3,(H,24,26). The highest BCUT2D eigenvalue weighted by Crippen LogP contribution is 2.27. The van der Waals surface area contributed by atoms with Crippen LogP contribution in [0.15, 0.2) is 42.5 Å². The minimum Gasteiger partial charge on any atom is -0.469 e. The summed E-state index contributed by atoms with van der Waals surface area (Å²) in [5, 5.41) is 14.2. The van der Waals surface area contributed by atoms with Crippen LogP contribution in [-0.4, -0.2) is 50.0 Å². The molecule has 2 aromatic rings. The van der Waals surface area contributed by atoms with Gasteiger partial charge in [0.15, 0.2) is 0 Å². The van der Waals surface area contributed by atoms with Gasteiger partial charge >= 0.3 is 5.97 Å². The molecule has 0 aliphatic carbocycles. The molecule has 0 bridgehead atoms. The van der Waals surface area contributed by atoms with E-state index in [2.05, 4.69) is 10.1 Å². The number of methoxy groups -OCH3 is 2. The average Bonchev–Trinajstić information content (AvgIpc) is 2.67. The third-order valence-electron chi connectivity index (χ3n) is 4.30. The number of amides is 1. The van der Waals surface area contributed by atoms with E-state index in [9.17, 15) is 14.7 Å². The summed E-state index contributed by atoms with van der Waals surface area (Å²) in [5.41, 5.74) is 2.67. The molecule has 29 heavy (non-hydrogen) atoms. The van der Waals surface area contributed by atoms with Crippen molar-refractivity contribution >= 4 is 35.1 Å². The second kappa shape index (κ2) is 11.2. The van der Waals surface area contributed by atoms with Gasteiger partial charge in [0.05, 0.1) is 25.7 Å². The summed E-state index contributed by atoms with van der Waals surface area (Å²) in [7, 11) is 2.65. The number of benzene rings is 2. The largest absolute Gasteiger partial charge is 0.469 e.